The molecule has 0 aromatic rings. The fraction of sp³-hybridized carbons (Fsp3) is 0.806. The van der Waals surface area contributed by atoms with Crippen molar-refractivity contribution in [2.45, 2.75) is 335 Å². The van der Waals surface area contributed by atoms with Gasteiger partial charge in [0.25, 0.3) is 0 Å². The molecule has 73 heavy (non-hydrogen) atoms. The minimum atomic E-state index is -0.767. The van der Waals surface area contributed by atoms with Crippen LogP contribution in [0, 0.1) is 0 Å². The van der Waals surface area contributed by atoms with Crippen LogP contribution in [0.2, 0.25) is 0 Å². The molecule has 0 radical (unpaired) electrons. The van der Waals surface area contributed by atoms with Gasteiger partial charge in [0.05, 0.1) is 0 Å². The number of ether oxygens (including phenoxy) is 3. The third-order valence-electron chi connectivity index (χ3n) is 14.0. The first kappa shape index (κ1) is 70.1. The number of esters is 3. The third-order valence-corrected chi connectivity index (χ3v) is 14.0. The topological polar surface area (TPSA) is 78.9 Å². The lowest BCUT2D eigenvalue weighted by atomic mass is 10.0. The van der Waals surface area contributed by atoms with Crippen molar-refractivity contribution in [1.82, 2.24) is 0 Å². The molecule has 6 heteroatoms. The molecule has 6 nitrogen and oxygen atoms in total. The highest BCUT2D eigenvalue weighted by Crippen LogP contribution is 2.17. The Morgan fingerprint density at radius 3 is 0.836 bits per heavy atom. The molecule has 0 aromatic carbocycles. The van der Waals surface area contributed by atoms with Crippen molar-refractivity contribution in [1.29, 1.82) is 0 Å². The summed E-state index contributed by atoms with van der Waals surface area (Å²) in [7, 11) is 0. The smallest absolute Gasteiger partial charge is 0.306 e. The van der Waals surface area contributed by atoms with E-state index in [0.29, 0.717) is 19.3 Å². The maximum atomic E-state index is 12.8. The second-order valence-corrected chi connectivity index (χ2v) is 21.3. The molecule has 1 atom stereocenters. The summed E-state index contributed by atoms with van der Waals surface area (Å²) in [6, 6.07) is 0. The predicted molar refractivity (Wildman–Crippen MR) is 316 cm³/mol. The Hall–Kier alpha value is -2.89. The van der Waals surface area contributed by atoms with Crippen molar-refractivity contribution in [2.24, 2.45) is 0 Å². The zero-order chi connectivity index (χ0) is 52.9. The zero-order valence-electron chi connectivity index (χ0n) is 48.7. The summed E-state index contributed by atoms with van der Waals surface area (Å²) >= 11 is 0. The molecular formula is C67H120O6. The van der Waals surface area contributed by atoms with Crippen LogP contribution in [-0.2, 0) is 28.6 Å². The second-order valence-electron chi connectivity index (χ2n) is 21.3. The first-order valence-electron chi connectivity index (χ1n) is 31.8. The van der Waals surface area contributed by atoms with Gasteiger partial charge in [0.15, 0.2) is 6.10 Å². The summed E-state index contributed by atoms with van der Waals surface area (Å²) < 4.78 is 16.8. The molecular weight excluding hydrogens is 901 g/mol. The van der Waals surface area contributed by atoms with Crippen LogP contribution in [0.25, 0.3) is 0 Å². The molecule has 0 bridgehead atoms. The minimum Gasteiger partial charge on any atom is -0.462 e. The van der Waals surface area contributed by atoms with E-state index in [9.17, 15) is 14.4 Å². The number of unbranched alkanes of at least 4 members (excludes halogenated alkanes) is 37. The number of hydrogen-bond acceptors (Lipinski definition) is 6. The van der Waals surface area contributed by atoms with Crippen LogP contribution in [0.5, 0.6) is 0 Å². The first-order valence-corrected chi connectivity index (χ1v) is 31.8. The standard InChI is InChI=1S/C67H120O6/c1-4-7-10-13-16-18-20-22-24-26-28-29-30-31-32-33-34-35-36-37-38-39-40-42-43-45-47-49-51-54-57-60-66(69)72-63-64(62-71-65(68)59-56-53-15-12-9-6-3)73-67(70)61-58-55-52-50-48-46-44-41-27-25-23-21-19-17-14-11-8-5-2/h7,10,16,18,22,24,28-29,31-32,64H,4-6,8-9,11-15,17,19-21,23,25-27,30,33-63H2,1-3H3/b10-7-,18-16-,24-22-,29-28-,32-31-. The van der Waals surface area contributed by atoms with Gasteiger partial charge in [0.1, 0.15) is 13.2 Å². The quantitative estimate of drug-likeness (QED) is 0.0261. The SMILES string of the molecule is CC/C=C\C/C=C\C/C=C\C/C=C\C/C=C\CCCCCCCCCCCCCCCCCC(=O)OCC(COC(=O)CCCCCCCC)OC(=O)CCCCCCCCCCCCCCCCCCCC. The lowest BCUT2D eigenvalue weighted by Gasteiger charge is -2.18. The number of carbonyl (C=O) groups excluding carboxylic acids is 3. The van der Waals surface area contributed by atoms with Gasteiger partial charge in [-0.05, 0) is 64.2 Å². The first-order chi connectivity index (χ1) is 36.0. The fourth-order valence-corrected chi connectivity index (χ4v) is 9.30. The monoisotopic (exact) mass is 1020 g/mol. The van der Waals surface area contributed by atoms with E-state index >= 15 is 0 Å². The zero-order valence-corrected chi connectivity index (χ0v) is 48.7. The van der Waals surface area contributed by atoms with Gasteiger partial charge >= 0.3 is 17.9 Å². The van der Waals surface area contributed by atoms with Crippen LogP contribution >= 0.6 is 0 Å². The van der Waals surface area contributed by atoms with E-state index in [4.69, 9.17) is 14.2 Å². The largest absolute Gasteiger partial charge is 0.462 e. The fourth-order valence-electron chi connectivity index (χ4n) is 9.30. The van der Waals surface area contributed by atoms with Crippen molar-refractivity contribution >= 4 is 17.9 Å². The summed E-state index contributed by atoms with van der Waals surface area (Å²) in [4.78, 5) is 38.0. The van der Waals surface area contributed by atoms with Gasteiger partial charge in [-0.15, -0.1) is 0 Å². The van der Waals surface area contributed by atoms with Crippen molar-refractivity contribution in [3.63, 3.8) is 0 Å². The highest BCUT2D eigenvalue weighted by atomic mass is 16.6. The average Bonchev–Trinajstić information content (AvgIpc) is 3.39. The summed E-state index contributed by atoms with van der Waals surface area (Å²) in [5.41, 5.74) is 0. The predicted octanol–water partition coefficient (Wildman–Crippen LogP) is 21.6. The van der Waals surface area contributed by atoms with E-state index in [-0.39, 0.29) is 31.1 Å². The minimum absolute atomic E-state index is 0.0690. The number of allylic oxidation sites excluding steroid dienone is 10. The average molecular weight is 1020 g/mol. The number of hydrogen-bond donors (Lipinski definition) is 0. The Labute approximate surface area is 453 Å². The van der Waals surface area contributed by atoms with Crippen molar-refractivity contribution in [3.8, 4) is 0 Å². The second kappa shape index (κ2) is 61.7. The summed E-state index contributed by atoms with van der Waals surface area (Å²) in [6.07, 6.45) is 78.4. The van der Waals surface area contributed by atoms with Gasteiger partial charge in [-0.1, -0.05) is 306 Å². The van der Waals surface area contributed by atoms with Gasteiger partial charge in [-0.25, -0.2) is 0 Å². The van der Waals surface area contributed by atoms with Gasteiger partial charge < -0.3 is 14.2 Å². The van der Waals surface area contributed by atoms with Gasteiger partial charge in [-0.3, -0.25) is 14.4 Å². The van der Waals surface area contributed by atoms with E-state index in [1.54, 1.807) is 0 Å². The summed E-state index contributed by atoms with van der Waals surface area (Å²) in [5, 5.41) is 0. The van der Waals surface area contributed by atoms with Crippen molar-refractivity contribution < 1.29 is 28.6 Å². The van der Waals surface area contributed by atoms with Crippen LogP contribution < -0.4 is 0 Å². The molecule has 0 fully saturated rings. The summed E-state index contributed by atoms with van der Waals surface area (Å²) in [6.45, 7) is 6.51. The molecule has 0 amide bonds. The molecule has 0 aliphatic rings. The molecule has 0 heterocycles. The van der Waals surface area contributed by atoms with Crippen molar-refractivity contribution in [2.75, 3.05) is 13.2 Å². The molecule has 424 valence electrons. The highest BCUT2D eigenvalue weighted by molar-refractivity contribution is 5.71. The molecule has 0 rings (SSSR count). The van der Waals surface area contributed by atoms with Crippen LogP contribution in [0.15, 0.2) is 60.8 Å². The summed E-state index contributed by atoms with van der Waals surface area (Å²) in [5.74, 6) is -0.860. The molecule has 0 aromatic heterocycles. The van der Waals surface area contributed by atoms with Crippen LogP contribution in [0.3, 0.4) is 0 Å². The Morgan fingerprint density at radius 1 is 0.288 bits per heavy atom. The van der Waals surface area contributed by atoms with E-state index in [0.717, 1.165) is 89.9 Å². The molecule has 0 saturated carbocycles. The molecule has 0 aliphatic carbocycles. The molecule has 0 saturated heterocycles. The van der Waals surface area contributed by atoms with Gasteiger partial charge in [0, 0.05) is 19.3 Å². The molecule has 0 spiro atoms. The lowest BCUT2D eigenvalue weighted by molar-refractivity contribution is -0.167. The number of rotatable bonds is 58. The molecule has 0 N–H and O–H groups in total. The highest BCUT2D eigenvalue weighted by Gasteiger charge is 2.19. The molecule has 0 aliphatic heterocycles. The van der Waals surface area contributed by atoms with Crippen LogP contribution in [-0.4, -0.2) is 37.2 Å². The third kappa shape index (κ3) is 59.9. The Balaban J connectivity index is 4.00. The van der Waals surface area contributed by atoms with E-state index in [1.807, 2.05) is 0 Å². The van der Waals surface area contributed by atoms with Crippen LogP contribution in [0.4, 0.5) is 0 Å². The van der Waals surface area contributed by atoms with E-state index in [1.165, 1.54) is 199 Å². The number of carbonyl (C=O) groups is 3. The van der Waals surface area contributed by atoms with Gasteiger partial charge in [0.2, 0.25) is 0 Å². The normalized spacial score (nSPS) is 12.4. The Morgan fingerprint density at radius 2 is 0.534 bits per heavy atom. The maximum absolute atomic E-state index is 12.8. The maximum Gasteiger partial charge on any atom is 0.306 e. The van der Waals surface area contributed by atoms with Gasteiger partial charge in [-0.2, -0.15) is 0 Å². The lowest BCUT2D eigenvalue weighted by Crippen LogP contribution is -2.30. The van der Waals surface area contributed by atoms with E-state index in [2.05, 4.69) is 81.5 Å². The van der Waals surface area contributed by atoms with Crippen LogP contribution in [0.1, 0.15) is 329 Å². The Kier molecular flexibility index (Phi) is 59.2. The Bertz CT molecular complexity index is 1310. The van der Waals surface area contributed by atoms with E-state index < -0.39 is 6.10 Å². The molecule has 1 unspecified atom stereocenters. The van der Waals surface area contributed by atoms with Crippen molar-refractivity contribution in [3.05, 3.63) is 60.8 Å².